The van der Waals surface area contributed by atoms with Crippen molar-refractivity contribution < 1.29 is 14.3 Å². The fourth-order valence-corrected chi connectivity index (χ4v) is 2.78. The van der Waals surface area contributed by atoms with Crippen LogP contribution < -0.4 is 14.8 Å². The van der Waals surface area contributed by atoms with Gasteiger partial charge in [-0.15, -0.1) is 0 Å². The lowest BCUT2D eigenvalue weighted by Crippen LogP contribution is -2.35. The van der Waals surface area contributed by atoms with Crippen molar-refractivity contribution >= 4 is 11.7 Å². The number of carbonyl (C=O) groups is 1. The van der Waals surface area contributed by atoms with Crippen molar-refractivity contribution in [2.24, 2.45) is 0 Å². The third-order valence-electron chi connectivity index (χ3n) is 3.80. The Morgan fingerprint density at radius 2 is 1.76 bits per heavy atom. The van der Waals surface area contributed by atoms with Gasteiger partial charge in [0.15, 0.2) is 11.5 Å². The maximum atomic E-state index is 12.3. The zero-order chi connectivity index (χ0) is 14.9. The van der Waals surface area contributed by atoms with Gasteiger partial charge in [0.25, 0.3) is 0 Å². The number of amides is 2. The summed E-state index contributed by atoms with van der Waals surface area (Å²) in [5, 5.41) is 2.95. The average Bonchev–Trinajstić information content (AvgIpc) is 2.62. The summed E-state index contributed by atoms with van der Waals surface area (Å²) in [6, 6.07) is 5.47. The minimum Gasteiger partial charge on any atom is -0.449 e. The molecule has 2 aliphatic rings. The van der Waals surface area contributed by atoms with Crippen LogP contribution in [0.15, 0.2) is 18.2 Å². The maximum Gasteiger partial charge on any atom is 0.321 e. The Morgan fingerprint density at radius 3 is 2.48 bits per heavy atom. The number of urea groups is 1. The van der Waals surface area contributed by atoms with Crippen molar-refractivity contribution in [2.45, 2.75) is 45.3 Å². The van der Waals surface area contributed by atoms with Crippen molar-refractivity contribution in [1.29, 1.82) is 0 Å². The molecule has 0 radical (unpaired) electrons. The number of nitrogens with zero attached hydrogens (tertiary/aromatic N) is 1. The Labute approximate surface area is 125 Å². The lowest BCUT2D eigenvalue weighted by atomic mass is 10.2. The van der Waals surface area contributed by atoms with Crippen LogP contribution in [0.4, 0.5) is 10.5 Å². The van der Waals surface area contributed by atoms with Gasteiger partial charge in [0.05, 0.1) is 0 Å². The zero-order valence-electron chi connectivity index (χ0n) is 12.6. The van der Waals surface area contributed by atoms with Gasteiger partial charge in [-0.05, 0) is 25.0 Å². The molecule has 0 atom stereocenters. The Morgan fingerprint density at radius 1 is 1.10 bits per heavy atom. The first-order valence-corrected chi connectivity index (χ1v) is 7.61. The van der Waals surface area contributed by atoms with Crippen LogP contribution >= 0.6 is 0 Å². The summed E-state index contributed by atoms with van der Waals surface area (Å²) in [5.41, 5.74) is 0.740. The van der Waals surface area contributed by atoms with E-state index < -0.39 is 5.79 Å². The van der Waals surface area contributed by atoms with E-state index in [2.05, 4.69) is 5.32 Å². The number of benzene rings is 1. The van der Waals surface area contributed by atoms with E-state index in [1.807, 2.05) is 36.9 Å². The molecule has 21 heavy (non-hydrogen) atoms. The first kappa shape index (κ1) is 14.0. The minimum absolute atomic E-state index is 0.0324. The normalized spacial score (nSPS) is 20.0. The van der Waals surface area contributed by atoms with Crippen LogP contribution in [0, 0.1) is 0 Å². The second-order valence-electron chi connectivity index (χ2n) is 6.10. The summed E-state index contributed by atoms with van der Waals surface area (Å²) < 4.78 is 11.3. The van der Waals surface area contributed by atoms with Crippen LogP contribution in [0.2, 0.25) is 0 Å². The highest BCUT2D eigenvalue weighted by atomic mass is 16.7. The summed E-state index contributed by atoms with van der Waals surface area (Å²) >= 11 is 0. The number of rotatable bonds is 1. The van der Waals surface area contributed by atoms with E-state index in [4.69, 9.17) is 9.47 Å². The molecule has 1 N–H and O–H groups in total. The summed E-state index contributed by atoms with van der Waals surface area (Å²) in [7, 11) is 0. The Kier molecular flexibility index (Phi) is 3.66. The molecule has 0 aromatic heterocycles. The molecule has 5 nitrogen and oxygen atoms in total. The van der Waals surface area contributed by atoms with Crippen LogP contribution in [0.3, 0.4) is 0 Å². The van der Waals surface area contributed by atoms with Crippen molar-refractivity contribution in [2.75, 3.05) is 18.4 Å². The molecule has 5 heteroatoms. The quantitative estimate of drug-likeness (QED) is 0.859. The number of fused-ring (bicyclic) bond motifs is 1. The first-order chi connectivity index (χ1) is 10.0. The average molecular weight is 290 g/mol. The van der Waals surface area contributed by atoms with E-state index in [0.717, 1.165) is 31.6 Å². The first-order valence-electron chi connectivity index (χ1n) is 7.61. The molecule has 0 bridgehead atoms. The van der Waals surface area contributed by atoms with Crippen LogP contribution in [0.5, 0.6) is 11.5 Å². The molecule has 1 saturated heterocycles. The molecule has 114 valence electrons. The predicted molar refractivity (Wildman–Crippen MR) is 80.8 cm³/mol. The third kappa shape index (κ3) is 3.23. The Hall–Kier alpha value is -1.91. The van der Waals surface area contributed by atoms with E-state index in [9.17, 15) is 4.79 Å². The van der Waals surface area contributed by atoms with Gasteiger partial charge >= 0.3 is 6.03 Å². The van der Waals surface area contributed by atoms with E-state index in [-0.39, 0.29) is 6.03 Å². The van der Waals surface area contributed by atoms with E-state index in [1.54, 1.807) is 0 Å². The molecule has 1 aromatic carbocycles. The Bertz CT molecular complexity index is 534. The van der Waals surface area contributed by atoms with E-state index in [1.165, 1.54) is 12.8 Å². The highest BCUT2D eigenvalue weighted by Crippen LogP contribution is 2.40. The molecule has 2 aliphatic heterocycles. The molecule has 0 spiro atoms. The number of hydrogen-bond acceptors (Lipinski definition) is 3. The summed E-state index contributed by atoms with van der Waals surface area (Å²) in [6.07, 6.45) is 4.59. The summed E-state index contributed by atoms with van der Waals surface area (Å²) in [4.78, 5) is 14.2. The maximum absolute atomic E-state index is 12.3. The predicted octanol–water partition coefficient (Wildman–Crippen LogP) is 3.60. The number of likely N-dealkylation sites (tertiary alicyclic amines) is 1. The SMILES string of the molecule is CC1(C)Oc2ccc(NC(=O)N3CCCCCC3)cc2O1. The van der Waals surface area contributed by atoms with Gasteiger partial charge in [-0.3, -0.25) is 0 Å². The highest BCUT2D eigenvalue weighted by Gasteiger charge is 2.31. The summed E-state index contributed by atoms with van der Waals surface area (Å²) in [5.74, 6) is 0.747. The highest BCUT2D eigenvalue weighted by molar-refractivity contribution is 5.89. The topological polar surface area (TPSA) is 50.8 Å². The molecular formula is C16H22N2O3. The number of nitrogens with one attached hydrogen (secondary N) is 1. The van der Waals surface area contributed by atoms with Gasteiger partial charge in [0.1, 0.15) is 0 Å². The molecule has 0 saturated carbocycles. The van der Waals surface area contributed by atoms with Gasteiger partial charge in [-0.1, -0.05) is 12.8 Å². The fraction of sp³-hybridized carbons (Fsp3) is 0.562. The molecule has 2 heterocycles. The van der Waals surface area contributed by atoms with Gasteiger partial charge in [0, 0.05) is 38.7 Å². The van der Waals surface area contributed by atoms with Crippen LogP contribution in [0.25, 0.3) is 0 Å². The molecule has 3 rings (SSSR count). The van der Waals surface area contributed by atoms with Crippen molar-refractivity contribution in [3.8, 4) is 11.5 Å². The molecule has 0 aliphatic carbocycles. The minimum atomic E-state index is -0.643. The smallest absolute Gasteiger partial charge is 0.321 e. The number of hydrogen-bond donors (Lipinski definition) is 1. The number of carbonyl (C=O) groups excluding carboxylic acids is 1. The molecule has 1 aromatic rings. The lowest BCUT2D eigenvalue weighted by molar-refractivity contribution is -0.0431. The van der Waals surface area contributed by atoms with Crippen molar-refractivity contribution in [1.82, 2.24) is 4.90 Å². The number of anilines is 1. The third-order valence-corrected chi connectivity index (χ3v) is 3.80. The van der Waals surface area contributed by atoms with Gasteiger partial charge in [-0.2, -0.15) is 0 Å². The van der Waals surface area contributed by atoms with Gasteiger partial charge in [-0.25, -0.2) is 4.79 Å². The van der Waals surface area contributed by atoms with Crippen molar-refractivity contribution in [3.05, 3.63) is 18.2 Å². The Balaban J connectivity index is 1.67. The van der Waals surface area contributed by atoms with Gasteiger partial charge < -0.3 is 19.7 Å². The second kappa shape index (κ2) is 5.47. The number of ether oxygens (including phenoxy) is 2. The monoisotopic (exact) mass is 290 g/mol. The zero-order valence-corrected chi connectivity index (χ0v) is 12.6. The molecule has 2 amide bonds. The van der Waals surface area contributed by atoms with Gasteiger partial charge in [0.2, 0.25) is 5.79 Å². The second-order valence-corrected chi connectivity index (χ2v) is 6.10. The van der Waals surface area contributed by atoms with E-state index in [0.29, 0.717) is 11.5 Å². The molecule has 0 unspecified atom stereocenters. The van der Waals surface area contributed by atoms with E-state index >= 15 is 0 Å². The standard InChI is InChI=1S/C16H22N2O3/c1-16(2)20-13-8-7-12(11-14(13)21-16)17-15(19)18-9-5-3-4-6-10-18/h7-8,11H,3-6,9-10H2,1-2H3,(H,17,19). The van der Waals surface area contributed by atoms with Crippen LogP contribution in [-0.2, 0) is 0 Å². The lowest BCUT2D eigenvalue weighted by Gasteiger charge is -2.20. The molecule has 1 fully saturated rings. The van der Waals surface area contributed by atoms with Crippen LogP contribution in [0.1, 0.15) is 39.5 Å². The van der Waals surface area contributed by atoms with Crippen molar-refractivity contribution in [3.63, 3.8) is 0 Å². The fourth-order valence-electron chi connectivity index (χ4n) is 2.78. The summed E-state index contributed by atoms with van der Waals surface area (Å²) in [6.45, 7) is 5.40. The van der Waals surface area contributed by atoms with Crippen LogP contribution in [-0.4, -0.2) is 29.8 Å². The largest absolute Gasteiger partial charge is 0.449 e. The molecular weight excluding hydrogens is 268 g/mol.